The summed E-state index contributed by atoms with van der Waals surface area (Å²) in [5.41, 5.74) is 7.67. The highest BCUT2D eigenvalue weighted by molar-refractivity contribution is 9.10. The third kappa shape index (κ3) is 2.93. The Bertz CT molecular complexity index is 623. The van der Waals surface area contributed by atoms with E-state index in [-0.39, 0.29) is 5.69 Å². The summed E-state index contributed by atoms with van der Waals surface area (Å²) in [7, 11) is 0. The fourth-order valence-corrected chi connectivity index (χ4v) is 2.03. The maximum absolute atomic E-state index is 13.6. The van der Waals surface area contributed by atoms with Crippen molar-refractivity contribution in [3.8, 4) is 0 Å². The number of benzene rings is 2. The largest absolute Gasteiger partial charge is 0.398 e. The fourth-order valence-electron chi connectivity index (χ4n) is 1.58. The van der Waals surface area contributed by atoms with Gasteiger partial charge in [0.05, 0.1) is 5.69 Å². The van der Waals surface area contributed by atoms with Gasteiger partial charge in [0.25, 0.3) is 5.91 Å². The summed E-state index contributed by atoms with van der Waals surface area (Å²) in [4.78, 5) is 12.0. The molecule has 0 bridgehead atoms. The molecule has 0 atom stereocenters. The Kier molecular flexibility index (Phi) is 3.85. The van der Waals surface area contributed by atoms with E-state index in [9.17, 15) is 9.18 Å². The second-order valence-corrected chi connectivity index (χ2v) is 4.98. The maximum Gasteiger partial charge on any atom is 0.255 e. The summed E-state index contributed by atoms with van der Waals surface area (Å²) in [6.45, 7) is 1.85. The molecule has 0 spiro atoms. The molecule has 98 valence electrons. The van der Waals surface area contributed by atoms with Gasteiger partial charge in [-0.05, 0) is 52.7 Å². The van der Waals surface area contributed by atoms with E-state index in [2.05, 4.69) is 21.2 Å². The van der Waals surface area contributed by atoms with Crippen LogP contribution in [-0.2, 0) is 0 Å². The Balaban J connectivity index is 2.28. The van der Waals surface area contributed by atoms with Crippen molar-refractivity contribution in [2.75, 3.05) is 11.1 Å². The van der Waals surface area contributed by atoms with Gasteiger partial charge in [0.2, 0.25) is 0 Å². The third-order valence-electron chi connectivity index (χ3n) is 2.74. The molecule has 0 aliphatic carbocycles. The molecule has 0 aromatic heterocycles. The Morgan fingerprint density at radius 3 is 2.68 bits per heavy atom. The molecule has 0 fully saturated rings. The van der Waals surface area contributed by atoms with Gasteiger partial charge in [-0.15, -0.1) is 0 Å². The molecule has 0 heterocycles. The molecule has 2 rings (SSSR count). The number of rotatable bonds is 2. The maximum atomic E-state index is 13.6. The van der Waals surface area contributed by atoms with Crippen LogP contribution in [0, 0.1) is 12.7 Å². The van der Waals surface area contributed by atoms with Crippen LogP contribution in [-0.4, -0.2) is 5.91 Å². The van der Waals surface area contributed by atoms with Crippen molar-refractivity contribution in [1.82, 2.24) is 0 Å². The van der Waals surface area contributed by atoms with Crippen LogP contribution in [0.2, 0.25) is 0 Å². The zero-order chi connectivity index (χ0) is 14.0. The minimum atomic E-state index is -0.497. The van der Waals surface area contributed by atoms with E-state index in [0.29, 0.717) is 15.7 Å². The van der Waals surface area contributed by atoms with Crippen molar-refractivity contribution in [3.63, 3.8) is 0 Å². The number of hydrogen-bond donors (Lipinski definition) is 2. The lowest BCUT2D eigenvalue weighted by Gasteiger charge is -2.09. The summed E-state index contributed by atoms with van der Waals surface area (Å²) in [6, 6.07) is 9.46. The number of carbonyl (C=O) groups excluding carboxylic acids is 1. The van der Waals surface area contributed by atoms with Crippen molar-refractivity contribution in [3.05, 3.63) is 57.8 Å². The van der Waals surface area contributed by atoms with Crippen molar-refractivity contribution in [2.24, 2.45) is 0 Å². The van der Waals surface area contributed by atoms with E-state index in [0.717, 1.165) is 5.56 Å². The first-order valence-corrected chi connectivity index (χ1v) is 6.40. The molecular formula is C14H12BrFN2O. The normalized spacial score (nSPS) is 10.3. The Labute approximate surface area is 118 Å². The van der Waals surface area contributed by atoms with Crippen LogP contribution < -0.4 is 11.1 Å². The summed E-state index contributed by atoms with van der Waals surface area (Å²) in [5, 5.41) is 2.53. The quantitative estimate of drug-likeness (QED) is 0.828. The van der Waals surface area contributed by atoms with Crippen LogP contribution in [0.3, 0.4) is 0 Å². The highest BCUT2D eigenvalue weighted by Crippen LogP contribution is 2.26. The lowest BCUT2D eigenvalue weighted by atomic mass is 10.1. The molecule has 0 unspecified atom stereocenters. The molecule has 3 N–H and O–H groups in total. The van der Waals surface area contributed by atoms with Gasteiger partial charge in [0, 0.05) is 15.7 Å². The molecule has 0 aliphatic rings. The monoisotopic (exact) mass is 322 g/mol. The van der Waals surface area contributed by atoms with Crippen LogP contribution in [0.4, 0.5) is 15.8 Å². The molecule has 0 radical (unpaired) electrons. The predicted octanol–water partition coefficient (Wildman–Crippen LogP) is 3.73. The molecule has 0 saturated carbocycles. The van der Waals surface area contributed by atoms with Crippen molar-refractivity contribution in [2.45, 2.75) is 6.92 Å². The minimum Gasteiger partial charge on any atom is -0.398 e. The average Bonchev–Trinajstić information content (AvgIpc) is 2.37. The second-order valence-electron chi connectivity index (χ2n) is 4.12. The third-order valence-corrected chi connectivity index (χ3v) is 3.40. The predicted molar refractivity (Wildman–Crippen MR) is 77.6 cm³/mol. The van der Waals surface area contributed by atoms with Gasteiger partial charge < -0.3 is 11.1 Å². The van der Waals surface area contributed by atoms with Gasteiger partial charge >= 0.3 is 0 Å². The van der Waals surface area contributed by atoms with Gasteiger partial charge in [-0.3, -0.25) is 4.79 Å². The van der Waals surface area contributed by atoms with Gasteiger partial charge in [0.1, 0.15) is 5.82 Å². The number of aryl methyl sites for hydroxylation is 1. The first-order valence-electron chi connectivity index (χ1n) is 5.60. The van der Waals surface area contributed by atoms with E-state index in [4.69, 9.17) is 5.73 Å². The first-order chi connectivity index (χ1) is 8.99. The SMILES string of the molecule is Cc1ccc(C(=O)Nc2c(F)cccc2Br)cc1N. The zero-order valence-electron chi connectivity index (χ0n) is 10.2. The van der Waals surface area contributed by atoms with Gasteiger partial charge in [-0.1, -0.05) is 12.1 Å². The summed E-state index contributed by atoms with van der Waals surface area (Å²) in [5.74, 6) is -0.902. The molecule has 0 aliphatic heterocycles. The lowest BCUT2D eigenvalue weighted by molar-refractivity contribution is 0.102. The molecule has 3 nitrogen and oxygen atoms in total. The smallest absolute Gasteiger partial charge is 0.255 e. The number of nitrogen functional groups attached to an aromatic ring is 1. The summed E-state index contributed by atoms with van der Waals surface area (Å²) < 4.78 is 14.1. The molecule has 2 aromatic rings. The molecule has 1 amide bonds. The van der Waals surface area contributed by atoms with E-state index < -0.39 is 11.7 Å². The molecule has 0 saturated heterocycles. The Morgan fingerprint density at radius 1 is 1.32 bits per heavy atom. The topological polar surface area (TPSA) is 55.1 Å². The molecule has 2 aromatic carbocycles. The van der Waals surface area contributed by atoms with Crippen LogP contribution in [0.5, 0.6) is 0 Å². The highest BCUT2D eigenvalue weighted by Gasteiger charge is 2.12. The Hall–Kier alpha value is -1.88. The van der Waals surface area contributed by atoms with Crippen molar-refractivity contribution < 1.29 is 9.18 Å². The average molecular weight is 323 g/mol. The summed E-state index contributed by atoms with van der Waals surface area (Å²) >= 11 is 3.19. The van der Waals surface area contributed by atoms with Gasteiger partial charge in [0.15, 0.2) is 0 Å². The lowest BCUT2D eigenvalue weighted by Crippen LogP contribution is -2.14. The molecule has 19 heavy (non-hydrogen) atoms. The van der Waals surface area contributed by atoms with Gasteiger partial charge in [-0.2, -0.15) is 0 Å². The second kappa shape index (κ2) is 5.40. The minimum absolute atomic E-state index is 0.117. The van der Waals surface area contributed by atoms with E-state index in [1.807, 2.05) is 6.92 Å². The zero-order valence-corrected chi connectivity index (χ0v) is 11.8. The molecule has 5 heteroatoms. The first kappa shape index (κ1) is 13.5. The molecular weight excluding hydrogens is 311 g/mol. The number of para-hydroxylation sites is 1. The Morgan fingerprint density at radius 2 is 2.05 bits per heavy atom. The van der Waals surface area contributed by atoms with E-state index >= 15 is 0 Å². The van der Waals surface area contributed by atoms with Gasteiger partial charge in [-0.25, -0.2) is 4.39 Å². The van der Waals surface area contributed by atoms with Crippen LogP contribution in [0.1, 0.15) is 15.9 Å². The number of nitrogens with one attached hydrogen (secondary N) is 1. The van der Waals surface area contributed by atoms with E-state index in [1.165, 1.54) is 6.07 Å². The number of halogens is 2. The van der Waals surface area contributed by atoms with Crippen molar-refractivity contribution >= 4 is 33.2 Å². The van der Waals surface area contributed by atoms with Crippen molar-refractivity contribution in [1.29, 1.82) is 0 Å². The van der Waals surface area contributed by atoms with E-state index in [1.54, 1.807) is 30.3 Å². The number of anilines is 2. The summed E-state index contributed by atoms with van der Waals surface area (Å²) in [6.07, 6.45) is 0. The number of carbonyl (C=O) groups is 1. The standard InChI is InChI=1S/C14H12BrFN2O/c1-8-5-6-9(7-12(8)17)14(19)18-13-10(15)3-2-4-11(13)16/h2-7H,17H2,1H3,(H,18,19). The van der Waals surface area contributed by atoms with Crippen LogP contribution >= 0.6 is 15.9 Å². The van der Waals surface area contributed by atoms with Crippen LogP contribution in [0.25, 0.3) is 0 Å². The number of hydrogen-bond acceptors (Lipinski definition) is 2. The number of amides is 1. The number of nitrogens with two attached hydrogens (primary N) is 1. The van der Waals surface area contributed by atoms with Crippen LogP contribution in [0.15, 0.2) is 40.9 Å². The highest BCUT2D eigenvalue weighted by atomic mass is 79.9. The fraction of sp³-hybridized carbons (Fsp3) is 0.0714.